The summed E-state index contributed by atoms with van der Waals surface area (Å²) in [5.74, 6) is -1.15. The summed E-state index contributed by atoms with van der Waals surface area (Å²) in [6.07, 6.45) is 3.68. The molecule has 1 aliphatic heterocycles. The van der Waals surface area contributed by atoms with Crippen LogP contribution in [0.1, 0.15) is 40.7 Å². The van der Waals surface area contributed by atoms with Crippen molar-refractivity contribution in [3.8, 4) is 0 Å². The van der Waals surface area contributed by atoms with Crippen LogP contribution in [0, 0.1) is 0 Å². The van der Waals surface area contributed by atoms with Crippen molar-refractivity contribution >= 4 is 16.0 Å². The molecule has 0 spiro atoms. The number of carbonyl (C=O) groups is 1. The van der Waals surface area contributed by atoms with Gasteiger partial charge in [-0.3, -0.25) is 4.90 Å². The van der Waals surface area contributed by atoms with E-state index in [2.05, 4.69) is 9.62 Å². The zero-order chi connectivity index (χ0) is 19.3. The summed E-state index contributed by atoms with van der Waals surface area (Å²) < 4.78 is 27.7. The Morgan fingerprint density at radius 3 is 2.41 bits per heavy atom. The number of piperidine rings is 1. The van der Waals surface area contributed by atoms with Crippen molar-refractivity contribution in [2.45, 2.75) is 37.2 Å². The quantitative estimate of drug-likeness (QED) is 0.762. The molecule has 2 aromatic carbocycles. The SMILES string of the molecule is O=C(O)c1cccc(S(=O)(=O)NCc2ccccc2CN2CCCCC2)c1. The first-order valence-corrected chi connectivity index (χ1v) is 10.6. The third kappa shape index (κ3) is 5.15. The lowest BCUT2D eigenvalue weighted by Crippen LogP contribution is -2.30. The van der Waals surface area contributed by atoms with E-state index in [4.69, 9.17) is 5.11 Å². The van der Waals surface area contributed by atoms with Gasteiger partial charge in [-0.05, 0) is 55.3 Å². The lowest BCUT2D eigenvalue weighted by molar-refractivity contribution is 0.0696. The van der Waals surface area contributed by atoms with Crippen molar-refractivity contribution in [3.05, 3.63) is 65.2 Å². The molecule has 0 unspecified atom stereocenters. The van der Waals surface area contributed by atoms with E-state index in [1.54, 1.807) is 0 Å². The maximum atomic E-state index is 12.6. The molecule has 0 aromatic heterocycles. The first kappa shape index (κ1) is 19.5. The summed E-state index contributed by atoms with van der Waals surface area (Å²) in [4.78, 5) is 13.4. The van der Waals surface area contributed by atoms with Gasteiger partial charge >= 0.3 is 5.97 Å². The highest BCUT2D eigenvalue weighted by atomic mass is 32.2. The second kappa shape index (κ2) is 8.65. The lowest BCUT2D eigenvalue weighted by atomic mass is 10.1. The van der Waals surface area contributed by atoms with Gasteiger partial charge in [0.15, 0.2) is 0 Å². The third-order valence-electron chi connectivity index (χ3n) is 4.80. The van der Waals surface area contributed by atoms with Gasteiger partial charge in [-0.15, -0.1) is 0 Å². The van der Waals surface area contributed by atoms with Gasteiger partial charge in [-0.1, -0.05) is 36.8 Å². The molecular formula is C20H24N2O4S. The van der Waals surface area contributed by atoms with Crippen LogP contribution in [0.3, 0.4) is 0 Å². The first-order chi connectivity index (χ1) is 13.0. The summed E-state index contributed by atoms with van der Waals surface area (Å²) >= 11 is 0. The summed E-state index contributed by atoms with van der Waals surface area (Å²) in [7, 11) is -3.79. The van der Waals surface area contributed by atoms with Crippen LogP contribution in [-0.4, -0.2) is 37.5 Å². The largest absolute Gasteiger partial charge is 0.478 e. The van der Waals surface area contributed by atoms with E-state index in [1.807, 2.05) is 24.3 Å². The fourth-order valence-electron chi connectivity index (χ4n) is 3.29. The molecule has 0 atom stereocenters. The maximum Gasteiger partial charge on any atom is 0.335 e. The Morgan fingerprint density at radius 2 is 1.70 bits per heavy atom. The van der Waals surface area contributed by atoms with Crippen LogP contribution >= 0.6 is 0 Å². The number of carboxylic acid groups (broad SMARTS) is 1. The van der Waals surface area contributed by atoms with Crippen molar-refractivity contribution in [2.75, 3.05) is 13.1 Å². The molecule has 0 aliphatic carbocycles. The normalized spacial score (nSPS) is 15.6. The molecule has 0 saturated carbocycles. The number of aromatic carboxylic acids is 1. The summed E-state index contributed by atoms with van der Waals surface area (Å²) in [6, 6.07) is 13.2. The molecule has 1 saturated heterocycles. The Morgan fingerprint density at radius 1 is 1.00 bits per heavy atom. The highest BCUT2D eigenvalue weighted by Gasteiger charge is 2.17. The fourth-order valence-corrected chi connectivity index (χ4v) is 4.35. The molecule has 7 heteroatoms. The first-order valence-electron chi connectivity index (χ1n) is 9.08. The molecule has 2 N–H and O–H groups in total. The van der Waals surface area contributed by atoms with E-state index in [1.165, 1.54) is 43.5 Å². The number of rotatable bonds is 7. The molecule has 144 valence electrons. The molecule has 1 heterocycles. The zero-order valence-electron chi connectivity index (χ0n) is 15.1. The van der Waals surface area contributed by atoms with Crippen LogP contribution < -0.4 is 4.72 Å². The van der Waals surface area contributed by atoms with Gasteiger partial charge in [0.1, 0.15) is 0 Å². The molecule has 0 amide bonds. The number of hydrogen-bond acceptors (Lipinski definition) is 4. The monoisotopic (exact) mass is 388 g/mol. The Balaban J connectivity index is 1.72. The smallest absolute Gasteiger partial charge is 0.335 e. The molecule has 0 radical (unpaired) electrons. The van der Waals surface area contributed by atoms with Crippen LogP contribution in [0.25, 0.3) is 0 Å². The summed E-state index contributed by atoms with van der Waals surface area (Å²) in [5, 5.41) is 9.06. The minimum Gasteiger partial charge on any atom is -0.478 e. The van der Waals surface area contributed by atoms with Crippen molar-refractivity contribution < 1.29 is 18.3 Å². The number of likely N-dealkylation sites (tertiary alicyclic amines) is 1. The Labute approximate surface area is 159 Å². The summed E-state index contributed by atoms with van der Waals surface area (Å²) in [6.45, 7) is 3.13. The fraction of sp³-hybridized carbons (Fsp3) is 0.350. The van der Waals surface area contributed by atoms with Gasteiger partial charge in [-0.2, -0.15) is 0 Å². The van der Waals surface area contributed by atoms with Crippen LogP contribution in [0.2, 0.25) is 0 Å². The number of nitrogens with zero attached hydrogens (tertiary/aromatic N) is 1. The van der Waals surface area contributed by atoms with Crippen molar-refractivity contribution in [1.82, 2.24) is 9.62 Å². The minimum atomic E-state index is -3.79. The molecule has 3 rings (SSSR count). The average Bonchev–Trinajstić information content (AvgIpc) is 2.68. The van der Waals surface area contributed by atoms with Gasteiger partial charge < -0.3 is 5.11 Å². The van der Waals surface area contributed by atoms with E-state index in [0.717, 1.165) is 30.8 Å². The van der Waals surface area contributed by atoms with E-state index in [0.29, 0.717) is 0 Å². The number of hydrogen-bond donors (Lipinski definition) is 2. The van der Waals surface area contributed by atoms with Crippen molar-refractivity contribution in [3.63, 3.8) is 0 Å². The van der Waals surface area contributed by atoms with Gasteiger partial charge in [-0.25, -0.2) is 17.9 Å². The zero-order valence-corrected chi connectivity index (χ0v) is 15.9. The van der Waals surface area contributed by atoms with Gasteiger partial charge in [0, 0.05) is 13.1 Å². The second-order valence-corrected chi connectivity index (χ2v) is 8.53. The lowest BCUT2D eigenvalue weighted by Gasteiger charge is -2.27. The Kier molecular flexibility index (Phi) is 6.26. The minimum absolute atomic E-state index is 0.0455. The topological polar surface area (TPSA) is 86.7 Å². The molecule has 27 heavy (non-hydrogen) atoms. The highest BCUT2D eigenvalue weighted by Crippen LogP contribution is 2.17. The van der Waals surface area contributed by atoms with Gasteiger partial charge in [0.25, 0.3) is 0 Å². The van der Waals surface area contributed by atoms with Crippen LogP contribution in [-0.2, 0) is 23.1 Å². The van der Waals surface area contributed by atoms with Gasteiger partial charge in [0.05, 0.1) is 10.5 Å². The predicted molar refractivity (Wildman–Crippen MR) is 103 cm³/mol. The van der Waals surface area contributed by atoms with Crippen molar-refractivity contribution in [2.24, 2.45) is 0 Å². The Bertz CT molecular complexity index is 906. The van der Waals surface area contributed by atoms with Crippen LogP contribution in [0.4, 0.5) is 0 Å². The number of carboxylic acids is 1. The summed E-state index contributed by atoms with van der Waals surface area (Å²) in [5.41, 5.74) is 1.99. The predicted octanol–water partition coefficient (Wildman–Crippen LogP) is 2.85. The molecule has 1 fully saturated rings. The van der Waals surface area contributed by atoms with E-state index in [-0.39, 0.29) is 17.0 Å². The van der Waals surface area contributed by atoms with Gasteiger partial charge in [0.2, 0.25) is 10.0 Å². The standard InChI is InChI=1S/C20H24N2O4S/c23-20(24)16-9-6-10-19(13-16)27(25,26)21-14-17-7-2-3-8-18(17)15-22-11-4-1-5-12-22/h2-3,6-10,13,21H,1,4-5,11-12,14-15H2,(H,23,24). The highest BCUT2D eigenvalue weighted by molar-refractivity contribution is 7.89. The number of sulfonamides is 1. The molecule has 2 aromatic rings. The average molecular weight is 388 g/mol. The van der Waals surface area contributed by atoms with Crippen LogP contribution in [0.15, 0.2) is 53.4 Å². The molecule has 1 aliphatic rings. The van der Waals surface area contributed by atoms with E-state index in [9.17, 15) is 13.2 Å². The van der Waals surface area contributed by atoms with Crippen molar-refractivity contribution in [1.29, 1.82) is 0 Å². The van der Waals surface area contributed by atoms with E-state index >= 15 is 0 Å². The number of nitrogens with one attached hydrogen (secondary N) is 1. The second-order valence-electron chi connectivity index (χ2n) is 6.76. The third-order valence-corrected chi connectivity index (χ3v) is 6.20. The molecule has 6 nitrogen and oxygen atoms in total. The maximum absolute atomic E-state index is 12.6. The Hall–Kier alpha value is -2.22. The van der Waals surface area contributed by atoms with Crippen LogP contribution in [0.5, 0.6) is 0 Å². The van der Waals surface area contributed by atoms with E-state index < -0.39 is 16.0 Å². The number of benzene rings is 2. The molecule has 0 bridgehead atoms. The molecular weight excluding hydrogens is 364 g/mol.